The van der Waals surface area contributed by atoms with Crippen LogP contribution in [-0.4, -0.2) is 45.8 Å². The van der Waals surface area contributed by atoms with Gasteiger partial charge in [0, 0.05) is 23.2 Å². The topological polar surface area (TPSA) is 94.1 Å². The predicted molar refractivity (Wildman–Crippen MR) is 128 cm³/mol. The van der Waals surface area contributed by atoms with Crippen molar-refractivity contribution in [2.75, 3.05) is 24.5 Å². The lowest BCUT2D eigenvalue weighted by Gasteiger charge is -2.34. The summed E-state index contributed by atoms with van der Waals surface area (Å²) in [6, 6.07) is 14.0. The Morgan fingerprint density at radius 2 is 1.94 bits per heavy atom. The molecule has 2 aromatic carbocycles. The number of hydrogen-bond acceptors (Lipinski definition) is 5. The molecular formula is C26H24FN5O2. The number of benzene rings is 2. The molecule has 6 rings (SSSR count). The lowest BCUT2D eigenvalue weighted by atomic mass is 9.75. The highest BCUT2D eigenvalue weighted by Gasteiger charge is 2.45. The molecule has 4 heterocycles. The SMILES string of the molecule is Cc1n[nH]c2nc(-c3ccc(O)c(F)c3)cc(C(=O)N3CC4(CCNCC4)c4ccccc43)c12. The Balaban J connectivity index is 1.49. The maximum atomic E-state index is 14.1. The number of pyridine rings is 1. The summed E-state index contributed by atoms with van der Waals surface area (Å²) < 4.78 is 14.1. The Kier molecular flexibility index (Phi) is 4.67. The summed E-state index contributed by atoms with van der Waals surface area (Å²) in [6.45, 7) is 4.31. The van der Waals surface area contributed by atoms with E-state index in [9.17, 15) is 14.3 Å². The number of fused-ring (bicyclic) bond motifs is 3. The summed E-state index contributed by atoms with van der Waals surface area (Å²) in [5, 5.41) is 20.9. The molecule has 172 valence electrons. The van der Waals surface area contributed by atoms with Crippen LogP contribution in [0.1, 0.15) is 34.5 Å². The van der Waals surface area contributed by atoms with Crippen molar-refractivity contribution in [3.63, 3.8) is 0 Å². The number of hydrogen-bond donors (Lipinski definition) is 3. The van der Waals surface area contributed by atoms with E-state index in [1.807, 2.05) is 30.0 Å². The van der Waals surface area contributed by atoms with Crippen LogP contribution in [0.2, 0.25) is 0 Å². The highest BCUT2D eigenvalue weighted by Crippen LogP contribution is 2.46. The highest BCUT2D eigenvalue weighted by atomic mass is 19.1. The maximum Gasteiger partial charge on any atom is 0.259 e. The average molecular weight is 458 g/mol. The van der Waals surface area contributed by atoms with E-state index in [-0.39, 0.29) is 11.3 Å². The number of H-pyrrole nitrogens is 1. The van der Waals surface area contributed by atoms with E-state index in [2.05, 4.69) is 26.6 Å². The summed E-state index contributed by atoms with van der Waals surface area (Å²) in [6.07, 6.45) is 1.95. The van der Waals surface area contributed by atoms with E-state index < -0.39 is 11.6 Å². The number of halogens is 1. The zero-order chi connectivity index (χ0) is 23.4. The summed E-state index contributed by atoms with van der Waals surface area (Å²) in [5.41, 5.74) is 4.63. The molecule has 1 amide bonds. The van der Waals surface area contributed by atoms with Crippen molar-refractivity contribution in [3.05, 3.63) is 71.2 Å². The number of carbonyl (C=O) groups is 1. The Labute approximate surface area is 195 Å². The van der Waals surface area contributed by atoms with Crippen LogP contribution in [0.15, 0.2) is 48.5 Å². The van der Waals surface area contributed by atoms with Gasteiger partial charge in [-0.1, -0.05) is 18.2 Å². The second kappa shape index (κ2) is 7.63. The van der Waals surface area contributed by atoms with Crippen LogP contribution in [0.5, 0.6) is 5.75 Å². The normalized spacial score (nSPS) is 16.8. The number of aromatic nitrogens is 3. The van der Waals surface area contributed by atoms with Crippen molar-refractivity contribution < 1.29 is 14.3 Å². The van der Waals surface area contributed by atoms with E-state index in [4.69, 9.17) is 0 Å². The number of carbonyl (C=O) groups excluding carboxylic acids is 1. The molecule has 0 unspecified atom stereocenters. The van der Waals surface area contributed by atoms with E-state index in [1.165, 1.54) is 17.7 Å². The molecule has 2 aliphatic rings. The lowest BCUT2D eigenvalue weighted by molar-refractivity contribution is 0.0984. The van der Waals surface area contributed by atoms with Crippen LogP contribution >= 0.6 is 0 Å². The fourth-order valence-corrected chi connectivity index (χ4v) is 5.46. The van der Waals surface area contributed by atoms with Crippen LogP contribution in [0, 0.1) is 12.7 Å². The van der Waals surface area contributed by atoms with Crippen LogP contribution in [0.3, 0.4) is 0 Å². The number of phenolic OH excluding ortho intramolecular Hbond substituents is 1. The Morgan fingerprint density at radius 3 is 2.74 bits per heavy atom. The van der Waals surface area contributed by atoms with E-state index in [1.54, 1.807) is 12.1 Å². The minimum absolute atomic E-state index is 0.0575. The maximum absolute atomic E-state index is 14.1. The first-order valence-electron chi connectivity index (χ1n) is 11.4. The lowest BCUT2D eigenvalue weighted by Crippen LogP contribution is -2.44. The predicted octanol–water partition coefficient (Wildman–Crippen LogP) is 4.06. The molecule has 0 saturated carbocycles. The number of nitrogens with one attached hydrogen (secondary N) is 2. The number of para-hydroxylation sites is 1. The van der Waals surface area contributed by atoms with Gasteiger partial charge in [-0.05, 0) is 68.8 Å². The number of aromatic hydroxyl groups is 1. The third-order valence-corrected chi connectivity index (χ3v) is 7.22. The van der Waals surface area contributed by atoms with E-state index in [0.29, 0.717) is 40.1 Å². The summed E-state index contributed by atoms with van der Waals surface area (Å²) in [7, 11) is 0. The van der Waals surface area contributed by atoms with Gasteiger partial charge < -0.3 is 15.3 Å². The monoisotopic (exact) mass is 457 g/mol. The van der Waals surface area contributed by atoms with Crippen molar-refractivity contribution in [1.29, 1.82) is 0 Å². The Morgan fingerprint density at radius 1 is 1.15 bits per heavy atom. The fourth-order valence-electron chi connectivity index (χ4n) is 5.46. The van der Waals surface area contributed by atoms with E-state index in [0.717, 1.165) is 31.6 Å². The zero-order valence-corrected chi connectivity index (χ0v) is 18.7. The first-order valence-corrected chi connectivity index (χ1v) is 11.4. The van der Waals surface area contributed by atoms with Crippen molar-refractivity contribution in [1.82, 2.24) is 20.5 Å². The number of aromatic amines is 1. The molecule has 1 spiro atoms. The van der Waals surface area contributed by atoms with Crippen molar-refractivity contribution in [2.45, 2.75) is 25.2 Å². The molecule has 2 aliphatic heterocycles. The first-order chi connectivity index (χ1) is 16.5. The van der Waals surface area contributed by atoms with Crippen LogP contribution in [-0.2, 0) is 5.41 Å². The van der Waals surface area contributed by atoms with Gasteiger partial charge in [0.2, 0.25) is 0 Å². The van der Waals surface area contributed by atoms with Gasteiger partial charge in [-0.2, -0.15) is 5.10 Å². The minimum Gasteiger partial charge on any atom is -0.505 e. The molecule has 0 aliphatic carbocycles. The highest BCUT2D eigenvalue weighted by molar-refractivity contribution is 6.15. The molecule has 1 saturated heterocycles. The molecule has 0 atom stereocenters. The number of amides is 1. The summed E-state index contributed by atoms with van der Waals surface area (Å²) in [4.78, 5) is 20.6. The smallest absolute Gasteiger partial charge is 0.259 e. The Bertz CT molecular complexity index is 1440. The number of phenols is 1. The van der Waals surface area contributed by atoms with Gasteiger partial charge in [0.1, 0.15) is 0 Å². The van der Waals surface area contributed by atoms with Gasteiger partial charge in [0.25, 0.3) is 5.91 Å². The van der Waals surface area contributed by atoms with Gasteiger partial charge in [-0.15, -0.1) is 0 Å². The third-order valence-electron chi connectivity index (χ3n) is 7.22. The molecule has 2 aromatic heterocycles. The molecule has 0 bridgehead atoms. The standard InChI is InChI=1S/C26H24FN5O2/c1-15-23-17(13-20(29-24(23)31-30-15)16-6-7-22(33)19(27)12-16)25(34)32-14-26(8-10-28-11-9-26)18-4-2-3-5-21(18)32/h2-7,12-13,28,33H,8-11,14H2,1H3,(H,29,30,31). The van der Waals surface area contributed by atoms with Gasteiger partial charge in [-0.25, -0.2) is 9.37 Å². The minimum atomic E-state index is -0.741. The zero-order valence-electron chi connectivity index (χ0n) is 18.7. The first kappa shape index (κ1) is 20.8. The number of piperidine rings is 1. The molecule has 1 fully saturated rings. The number of rotatable bonds is 2. The largest absolute Gasteiger partial charge is 0.505 e. The van der Waals surface area contributed by atoms with Gasteiger partial charge in [0.05, 0.1) is 22.3 Å². The van der Waals surface area contributed by atoms with Crippen LogP contribution < -0.4 is 10.2 Å². The molecule has 0 radical (unpaired) electrons. The quantitative estimate of drug-likeness (QED) is 0.422. The molecule has 8 heteroatoms. The van der Waals surface area contributed by atoms with E-state index >= 15 is 0 Å². The average Bonchev–Trinajstić information content (AvgIpc) is 3.39. The number of aryl methyl sites for hydroxylation is 1. The van der Waals surface area contributed by atoms with Crippen molar-refractivity contribution >= 4 is 22.6 Å². The second-order valence-corrected chi connectivity index (χ2v) is 9.19. The van der Waals surface area contributed by atoms with Gasteiger partial charge in [0.15, 0.2) is 17.2 Å². The third kappa shape index (κ3) is 3.09. The molecular weight excluding hydrogens is 433 g/mol. The fraction of sp³-hybridized carbons (Fsp3) is 0.269. The summed E-state index contributed by atoms with van der Waals surface area (Å²) in [5.74, 6) is -1.30. The van der Waals surface area contributed by atoms with Crippen molar-refractivity contribution in [3.8, 4) is 17.0 Å². The van der Waals surface area contributed by atoms with Crippen LogP contribution in [0.4, 0.5) is 10.1 Å². The Hall–Kier alpha value is -3.78. The van der Waals surface area contributed by atoms with Gasteiger partial charge in [-0.3, -0.25) is 9.89 Å². The summed E-state index contributed by atoms with van der Waals surface area (Å²) >= 11 is 0. The van der Waals surface area contributed by atoms with Crippen LogP contribution in [0.25, 0.3) is 22.3 Å². The molecule has 3 N–H and O–H groups in total. The molecule has 7 nitrogen and oxygen atoms in total. The van der Waals surface area contributed by atoms with Crippen molar-refractivity contribution in [2.24, 2.45) is 0 Å². The molecule has 4 aromatic rings. The van der Waals surface area contributed by atoms with Gasteiger partial charge >= 0.3 is 0 Å². The molecule has 34 heavy (non-hydrogen) atoms. The second-order valence-electron chi connectivity index (χ2n) is 9.19. The number of nitrogens with zero attached hydrogens (tertiary/aromatic N) is 3. The number of anilines is 1.